The highest BCUT2D eigenvalue weighted by Crippen LogP contribution is 2.45. The molecule has 5 aromatic rings. The first-order valence-corrected chi connectivity index (χ1v) is 13.0. The van der Waals surface area contributed by atoms with Gasteiger partial charge in [-0.15, -0.1) is 0 Å². The lowest BCUT2D eigenvalue weighted by atomic mass is 9.95. The maximum Gasteiger partial charge on any atom is 0.273 e. The molecule has 1 unspecified atom stereocenters. The molecular formula is C32H26ClN3O3. The van der Waals surface area contributed by atoms with E-state index in [0.717, 1.165) is 33.5 Å². The molecule has 0 radical (unpaired) electrons. The zero-order valence-electron chi connectivity index (χ0n) is 21.3. The van der Waals surface area contributed by atoms with Crippen LogP contribution in [-0.2, 0) is 13.2 Å². The number of methoxy groups -OCH3 is 1. The second kappa shape index (κ2) is 10.7. The number of rotatable bonds is 8. The topological polar surface area (TPSA) is 67.5 Å². The fraction of sp³-hybridized carbons (Fsp3) is 0.125. The zero-order valence-corrected chi connectivity index (χ0v) is 22.1. The van der Waals surface area contributed by atoms with E-state index in [1.54, 1.807) is 7.11 Å². The largest absolute Gasteiger partial charge is 0.493 e. The van der Waals surface area contributed by atoms with Gasteiger partial charge >= 0.3 is 0 Å². The van der Waals surface area contributed by atoms with E-state index < -0.39 is 6.04 Å². The number of aromatic nitrogens is 2. The number of carbonyl (C=O) groups is 1. The summed E-state index contributed by atoms with van der Waals surface area (Å²) in [4.78, 5) is 15.6. The molecule has 6 rings (SSSR count). The van der Waals surface area contributed by atoms with Crippen molar-refractivity contribution in [2.24, 2.45) is 0 Å². The lowest BCUT2D eigenvalue weighted by Crippen LogP contribution is -2.29. The van der Waals surface area contributed by atoms with Gasteiger partial charge in [-0.2, -0.15) is 5.10 Å². The van der Waals surface area contributed by atoms with Crippen LogP contribution < -0.4 is 9.47 Å². The molecule has 0 fully saturated rings. The van der Waals surface area contributed by atoms with Gasteiger partial charge in [-0.25, -0.2) is 0 Å². The highest BCUT2D eigenvalue weighted by atomic mass is 35.5. The molecule has 1 aromatic heterocycles. The predicted molar refractivity (Wildman–Crippen MR) is 151 cm³/mol. The Kier molecular flexibility index (Phi) is 6.78. The van der Waals surface area contributed by atoms with E-state index >= 15 is 0 Å². The van der Waals surface area contributed by atoms with Crippen LogP contribution in [0.2, 0.25) is 5.02 Å². The smallest absolute Gasteiger partial charge is 0.273 e. The standard InChI is InChI=1S/C32H26ClN3O3/c1-38-27-18-23(16-17-26(27)39-20-21-10-4-2-5-11-21)31-28-29(22-12-6-3-7-13-22)34-35-30(28)32(37)36(31)19-24-14-8-9-15-25(24)33/h2-18,31H,19-20H2,1H3,(H,34,35). The van der Waals surface area contributed by atoms with Crippen LogP contribution in [0, 0.1) is 0 Å². The van der Waals surface area contributed by atoms with E-state index in [-0.39, 0.29) is 5.91 Å². The van der Waals surface area contributed by atoms with Gasteiger partial charge in [0.1, 0.15) is 12.3 Å². The Hall–Kier alpha value is -4.55. The third-order valence-electron chi connectivity index (χ3n) is 6.95. The molecule has 1 N–H and O–H groups in total. The lowest BCUT2D eigenvalue weighted by molar-refractivity contribution is 0.0730. The van der Waals surface area contributed by atoms with Gasteiger partial charge in [0.15, 0.2) is 11.5 Å². The van der Waals surface area contributed by atoms with Gasteiger partial charge in [0.05, 0.1) is 18.8 Å². The number of aromatic amines is 1. The SMILES string of the molecule is COc1cc(C2c3c(-c4ccccc4)n[nH]c3C(=O)N2Cc2ccccc2Cl)ccc1OCc1ccccc1. The number of hydrogen-bond donors (Lipinski definition) is 1. The van der Waals surface area contributed by atoms with E-state index in [1.165, 1.54) is 0 Å². The number of ether oxygens (including phenoxy) is 2. The molecular weight excluding hydrogens is 510 g/mol. The van der Waals surface area contributed by atoms with Crippen molar-refractivity contribution in [3.8, 4) is 22.8 Å². The van der Waals surface area contributed by atoms with Crippen molar-refractivity contribution in [2.45, 2.75) is 19.2 Å². The van der Waals surface area contributed by atoms with Crippen LogP contribution in [0.4, 0.5) is 0 Å². The predicted octanol–water partition coefficient (Wildman–Crippen LogP) is 7.06. The summed E-state index contributed by atoms with van der Waals surface area (Å²) in [6.45, 7) is 0.760. The molecule has 4 aromatic carbocycles. The molecule has 7 heteroatoms. The minimum absolute atomic E-state index is 0.132. The number of nitrogens with zero attached hydrogens (tertiary/aromatic N) is 2. The Morgan fingerprint density at radius 1 is 0.897 bits per heavy atom. The number of benzene rings is 4. The maximum absolute atomic E-state index is 13.8. The Labute approximate surface area is 231 Å². The fourth-order valence-corrected chi connectivity index (χ4v) is 5.24. The molecule has 0 aliphatic carbocycles. The van der Waals surface area contributed by atoms with Gasteiger partial charge in [-0.1, -0.05) is 96.5 Å². The van der Waals surface area contributed by atoms with Crippen LogP contribution >= 0.6 is 11.6 Å². The normalized spacial score (nSPS) is 14.4. The van der Waals surface area contributed by atoms with Gasteiger partial charge in [0.25, 0.3) is 5.91 Å². The van der Waals surface area contributed by atoms with Crippen molar-refractivity contribution in [2.75, 3.05) is 7.11 Å². The van der Waals surface area contributed by atoms with Crippen molar-refractivity contribution in [1.82, 2.24) is 15.1 Å². The zero-order chi connectivity index (χ0) is 26.8. The van der Waals surface area contributed by atoms with E-state index in [9.17, 15) is 4.79 Å². The number of carbonyl (C=O) groups excluding carboxylic acids is 1. The summed E-state index contributed by atoms with van der Waals surface area (Å²) >= 11 is 6.52. The minimum atomic E-state index is -0.408. The third kappa shape index (κ3) is 4.75. The van der Waals surface area contributed by atoms with Gasteiger partial charge < -0.3 is 14.4 Å². The number of amides is 1. The lowest BCUT2D eigenvalue weighted by Gasteiger charge is -2.27. The minimum Gasteiger partial charge on any atom is -0.493 e. The molecule has 0 saturated heterocycles. The second-order valence-corrected chi connectivity index (χ2v) is 9.75. The summed E-state index contributed by atoms with van der Waals surface area (Å²) < 4.78 is 11.8. The molecule has 0 spiro atoms. The average Bonchev–Trinajstić information content (AvgIpc) is 3.53. The van der Waals surface area contributed by atoms with E-state index in [4.69, 9.17) is 21.1 Å². The summed E-state index contributed by atoms with van der Waals surface area (Å²) in [5.74, 6) is 1.09. The van der Waals surface area contributed by atoms with Crippen molar-refractivity contribution >= 4 is 17.5 Å². The van der Waals surface area contributed by atoms with Crippen LogP contribution in [0.15, 0.2) is 103 Å². The molecule has 0 saturated carbocycles. The maximum atomic E-state index is 13.8. The van der Waals surface area contributed by atoms with E-state index in [0.29, 0.717) is 35.4 Å². The molecule has 0 bridgehead atoms. The molecule has 6 nitrogen and oxygen atoms in total. The van der Waals surface area contributed by atoms with Gasteiger partial charge in [-0.05, 0) is 34.9 Å². The fourth-order valence-electron chi connectivity index (χ4n) is 5.04. The Morgan fingerprint density at radius 3 is 2.36 bits per heavy atom. The molecule has 1 atom stereocenters. The summed E-state index contributed by atoms with van der Waals surface area (Å²) in [6.07, 6.45) is 0. The molecule has 2 heterocycles. The first kappa shape index (κ1) is 24.8. The van der Waals surface area contributed by atoms with Gasteiger partial charge in [0, 0.05) is 22.7 Å². The van der Waals surface area contributed by atoms with Gasteiger partial charge in [-0.3, -0.25) is 9.89 Å². The van der Waals surface area contributed by atoms with Crippen LogP contribution in [-0.4, -0.2) is 28.1 Å². The van der Waals surface area contributed by atoms with Crippen molar-refractivity contribution < 1.29 is 14.3 Å². The summed E-state index contributed by atoms with van der Waals surface area (Å²) in [7, 11) is 1.62. The number of halogens is 1. The van der Waals surface area contributed by atoms with Crippen LogP contribution in [0.25, 0.3) is 11.3 Å². The highest BCUT2D eigenvalue weighted by Gasteiger charge is 2.42. The van der Waals surface area contributed by atoms with Gasteiger partial charge in [0.2, 0.25) is 0 Å². The number of H-pyrrole nitrogens is 1. The third-order valence-corrected chi connectivity index (χ3v) is 7.32. The van der Waals surface area contributed by atoms with E-state index in [1.807, 2.05) is 108 Å². The number of nitrogens with one attached hydrogen (secondary N) is 1. The monoisotopic (exact) mass is 535 g/mol. The highest BCUT2D eigenvalue weighted by molar-refractivity contribution is 6.31. The van der Waals surface area contributed by atoms with Crippen molar-refractivity contribution in [3.05, 3.63) is 136 Å². The molecule has 1 aliphatic heterocycles. The Balaban J connectivity index is 1.42. The summed E-state index contributed by atoms with van der Waals surface area (Å²) in [5.41, 5.74) is 5.80. The van der Waals surface area contributed by atoms with Crippen LogP contribution in [0.1, 0.15) is 38.8 Å². The van der Waals surface area contributed by atoms with Crippen molar-refractivity contribution in [3.63, 3.8) is 0 Å². The number of fused-ring (bicyclic) bond motifs is 1. The summed E-state index contributed by atoms with van der Waals surface area (Å²) in [5, 5.41) is 8.19. The molecule has 1 aliphatic rings. The van der Waals surface area contributed by atoms with Crippen LogP contribution in [0.5, 0.6) is 11.5 Å². The van der Waals surface area contributed by atoms with Crippen molar-refractivity contribution in [1.29, 1.82) is 0 Å². The molecule has 1 amide bonds. The Bertz CT molecular complexity index is 1620. The first-order chi connectivity index (χ1) is 19.1. The average molecular weight is 536 g/mol. The second-order valence-electron chi connectivity index (χ2n) is 9.34. The first-order valence-electron chi connectivity index (χ1n) is 12.7. The quantitative estimate of drug-likeness (QED) is 0.231. The molecule has 39 heavy (non-hydrogen) atoms. The summed E-state index contributed by atoms with van der Waals surface area (Å²) in [6, 6.07) is 32.9. The molecule has 194 valence electrons. The Morgan fingerprint density at radius 2 is 1.62 bits per heavy atom. The van der Waals surface area contributed by atoms with Crippen LogP contribution in [0.3, 0.4) is 0 Å². The van der Waals surface area contributed by atoms with E-state index in [2.05, 4.69) is 10.2 Å². The number of hydrogen-bond acceptors (Lipinski definition) is 4.